The van der Waals surface area contributed by atoms with Gasteiger partial charge in [-0.05, 0) is 18.1 Å². The third kappa shape index (κ3) is 3.40. The topological polar surface area (TPSA) is 112 Å². The number of ether oxygens (including phenoxy) is 1. The zero-order valence-corrected chi connectivity index (χ0v) is 15.9. The summed E-state index contributed by atoms with van der Waals surface area (Å²) in [6, 6.07) is 2.67. The quantitative estimate of drug-likeness (QED) is 0.657. The molecule has 1 fully saturated rings. The first-order chi connectivity index (χ1) is 14.2. The molecule has 30 heavy (non-hydrogen) atoms. The summed E-state index contributed by atoms with van der Waals surface area (Å²) in [6.45, 7) is 2.07. The van der Waals surface area contributed by atoms with E-state index in [1.807, 2.05) is 6.92 Å². The molecular weight excluding hydrogens is 403 g/mol. The highest BCUT2D eigenvalue weighted by Gasteiger charge is 2.35. The number of amides is 2. The summed E-state index contributed by atoms with van der Waals surface area (Å²) in [5.41, 5.74) is 4.02. The molecule has 1 aliphatic rings. The molecule has 0 aromatic carbocycles. The molecule has 4 rings (SSSR count). The average molecular weight is 421 g/mol. The van der Waals surface area contributed by atoms with Crippen LogP contribution < -0.4 is 15.8 Å². The molecule has 11 heteroatoms. The standard InChI is InChI=1S/C19H18F3N5O3/c1-2-9-6-14(28)25-12(9)8-30-18-15-10(3-4-24-18)5-11(16(23)29)17-26-13(7-27(15)17)19(20,21)22/h3-5,7,9,12H,2,6,8H2,1H3,(H2,23,29)(H,25,28)/t9-,12+/m0/s1. The van der Waals surface area contributed by atoms with E-state index in [9.17, 15) is 22.8 Å². The van der Waals surface area contributed by atoms with Crippen molar-refractivity contribution in [1.82, 2.24) is 19.7 Å². The second-order valence-corrected chi connectivity index (χ2v) is 7.15. The van der Waals surface area contributed by atoms with Gasteiger partial charge in [0, 0.05) is 24.2 Å². The molecule has 2 atom stereocenters. The van der Waals surface area contributed by atoms with E-state index in [2.05, 4.69) is 15.3 Å². The molecule has 0 unspecified atom stereocenters. The van der Waals surface area contributed by atoms with Gasteiger partial charge in [-0.3, -0.25) is 14.0 Å². The van der Waals surface area contributed by atoms with Crippen molar-refractivity contribution in [2.45, 2.75) is 32.0 Å². The average Bonchev–Trinajstić information content (AvgIpc) is 3.28. The molecule has 0 saturated carbocycles. The van der Waals surface area contributed by atoms with E-state index >= 15 is 0 Å². The van der Waals surface area contributed by atoms with E-state index in [1.165, 1.54) is 18.3 Å². The second kappa shape index (κ2) is 7.15. The first-order valence-electron chi connectivity index (χ1n) is 9.29. The lowest BCUT2D eigenvalue weighted by molar-refractivity contribution is -0.140. The molecule has 0 radical (unpaired) electrons. The lowest BCUT2D eigenvalue weighted by atomic mass is 9.98. The number of nitrogens with zero attached hydrogens (tertiary/aromatic N) is 3. The van der Waals surface area contributed by atoms with Gasteiger partial charge in [-0.25, -0.2) is 9.97 Å². The summed E-state index contributed by atoms with van der Waals surface area (Å²) < 4.78 is 46.7. The molecule has 0 bridgehead atoms. The van der Waals surface area contributed by atoms with Crippen LogP contribution in [-0.2, 0) is 11.0 Å². The molecule has 1 saturated heterocycles. The molecule has 1 aliphatic heterocycles. The number of nitrogens with one attached hydrogen (secondary N) is 1. The van der Waals surface area contributed by atoms with Crippen molar-refractivity contribution in [2.75, 3.05) is 6.61 Å². The fourth-order valence-electron chi connectivity index (χ4n) is 3.73. The number of hydrogen-bond acceptors (Lipinski definition) is 5. The molecule has 3 aromatic rings. The Morgan fingerprint density at radius 3 is 2.87 bits per heavy atom. The molecule has 8 nitrogen and oxygen atoms in total. The maximum absolute atomic E-state index is 13.3. The van der Waals surface area contributed by atoms with Crippen molar-refractivity contribution in [3.63, 3.8) is 0 Å². The highest BCUT2D eigenvalue weighted by Crippen LogP contribution is 2.33. The van der Waals surface area contributed by atoms with E-state index < -0.39 is 17.8 Å². The molecule has 0 aliphatic carbocycles. The number of pyridine rings is 2. The van der Waals surface area contributed by atoms with E-state index in [0.29, 0.717) is 11.8 Å². The maximum Gasteiger partial charge on any atom is 0.434 e. The fraction of sp³-hybridized carbons (Fsp3) is 0.368. The molecule has 158 valence electrons. The number of nitrogens with two attached hydrogens (primary N) is 1. The van der Waals surface area contributed by atoms with Crippen molar-refractivity contribution in [1.29, 1.82) is 0 Å². The van der Waals surface area contributed by atoms with Crippen molar-refractivity contribution in [3.8, 4) is 5.88 Å². The Labute approximate surface area is 168 Å². The number of carbonyl (C=O) groups is 2. The van der Waals surface area contributed by atoms with Crippen molar-refractivity contribution in [2.24, 2.45) is 11.7 Å². The maximum atomic E-state index is 13.3. The first kappa shape index (κ1) is 19.9. The lowest BCUT2D eigenvalue weighted by Gasteiger charge is -2.18. The van der Waals surface area contributed by atoms with E-state index in [0.717, 1.165) is 17.0 Å². The van der Waals surface area contributed by atoms with Gasteiger partial charge < -0.3 is 15.8 Å². The zero-order valence-electron chi connectivity index (χ0n) is 15.9. The highest BCUT2D eigenvalue weighted by molar-refractivity contribution is 6.03. The minimum absolute atomic E-state index is 0.0654. The van der Waals surface area contributed by atoms with Crippen molar-refractivity contribution >= 4 is 28.4 Å². The summed E-state index contributed by atoms with van der Waals surface area (Å²) in [5, 5.41) is 3.25. The molecule has 3 N–H and O–H groups in total. The Kier molecular flexibility index (Phi) is 4.75. The highest BCUT2D eigenvalue weighted by atomic mass is 19.4. The number of halogens is 3. The third-order valence-corrected chi connectivity index (χ3v) is 5.25. The van der Waals surface area contributed by atoms with Crippen LogP contribution in [0, 0.1) is 5.92 Å². The third-order valence-electron chi connectivity index (χ3n) is 5.25. The summed E-state index contributed by atoms with van der Waals surface area (Å²) in [4.78, 5) is 31.2. The SMILES string of the molecule is CC[C@H]1CC(=O)N[C@@H]1COc1nccc2cc(C(N)=O)c3nc(C(F)(F)F)cn3c12. The first-order valence-corrected chi connectivity index (χ1v) is 9.29. The molecule has 4 heterocycles. The fourth-order valence-corrected chi connectivity index (χ4v) is 3.73. The van der Waals surface area contributed by atoms with Crippen LogP contribution in [0.5, 0.6) is 5.88 Å². The van der Waals surface area contributed by atoms with Crippen LogP contribution in [0.1, 0.15) is 35.8 Å². The predicted octanol–water partition coefficient (Wildman–Crippen LogP) is 2.29. The van der Waals surface area contributed by atoms with Gasteiger partial charge >= 0.3 is 6.18 Å². The number of hydrogen-bond donors (Lipinski definition) is 2. The summed E-state index contributed by atoms with van der Waals surface area (Å²) in [7, 11) is 0. The number of aromatic nitrogens is 3. The predicted molar refractivity (Wildman–Crippen MR) is 99.8 cm³/mol. The Hall–Kier alpha value is -3.37. The molecule has 2 amide bonds. The minimum Gasteiger partial charge on any atom is -0.474 e. The number of primary amides is 1. The van der Waals surface area contributed by atoms with Gasteiger partial charge in [-0.15, -0.1) is 0 Å². The van der Waals surface area contributed by atoms with Crippen LogP contribution in [0.3, 0.4) is 0 Å². The number of carbonyl (C=O) groups excluding carboxylic acids is 2. The van der Waals surface area contributed by atoms with Crippen LogP contribution in [0.15, 0.2) is 24.5 Å². The number of alkyl halides is 3. The van der Waals surface area contributed by atoms with E-state index in [1.54, 1.807) is 0 Å². The van der Waals surface area contributed by atoms with Crippen LogP contribution in [-0.4, -0.2) is 38.8 Å². The molecule has 3 aromatic heterocycles. The summed E-state index contributed by atoms with van der Waals surface area (Å²) in [6.07, 6.45) is -1.33. The van der Waals surface area contributed by atoms with Crippen molar-refractivity contribution in [3.05, 3.63) is 35.8 Å². The van der Waals surface area contributed by atoms with E-state index in [-0.39, 0.29) is 47.1 Å². The monoisotopic (exact) mass is 421 g/mol. The molecular formula is C19H18F3N5O3. The molecule has 0 spiro atoms. The van der Waals surface area contributed by atoms with Gasteiger partial charge in [0.05, 0.1) is 11.6 Å². The number of rotatable bonds is 5. The van der Waals surface area contributed by atoms with Crippen LogP contribution in [0.25, 0.3) is 16.6 Å². The Morgan fingerprint density at radius 2 is 2.20 bits per heavy atom. The Balaban J connectivity index is 1.82. The van der Waals surface area contributed by atoms with Gasteiger partial charge in [0.1, 0.15) is 12.1 Å². The summed E-state index contributed by atoms with van der Waals surface area (Å²) >= 11 is 0. The van der Waals surface area contributed by atoms with Gasteiger partial charge in [0.15, 0.2) is 11.3 Å². The van der Waals surface area contributed by atoms with Gasteiger partial charge in [0.25, 0.3) is 5.91 Å². The zero-order chi connectivity index (χ0) is 21.6. The second-order valence-electron chi connectivity index (χ2n) is 7.15. The van der Waals surface area contributed by atoms with Gasteiger partial charge in [-0.1, -0.05) is 13.3 Å². The Bertz CT molecular complexity index is 1160. The van der Waals surface area contributed by atoms with Crippen LogP contribution >= 0.6 is 0 Å². The smallest absolute Gasteiger partial charge is 0.434 e. The van der Waals surface area contributed by atoms with Gasteiger partial charge in [-0.2, -0.15) is 13.2 Å². The summed E-state index contributed by atoms with van der Waals surface area (Å²) in [5.74, 6) is -0.811. The lowest BCUT2D eigenvalue weighted by Crippen LogP contribution is -2.34. The number of fused-ring (bicyclic) bond motifs is 3. The van der Waals surface area contributed by atoms with Crippen LogP contribution in [0.2, 0.25) is 0 Å². The normalized spacial score (nSPS) is 19.4. The number of imidazole rings is 1. The Morgan fingerprint density at radius 1 is 1.43 bits per heavy atom. The largest absolute Gasteiger partial charge is 0.474 e. The van der Waals surface area contributed by atoms with E-state index in [4.69, 9.17) is 10.5 Å². The van der Waals surface area contributed by atoms with Crippen molar-refractivity contribution < 1.29 is 27.5 Å². The van der Waals surface area contributed by atoms with Crippen LogP contribution in [0.4, 0.5) is 13.2 Å². The minimum atomic E-state index is -4.71. The van der Waals surface area contributed by atoms with Gasteiger partial charge in [0.2, 0.25) is 11.8 Å².